The van der Waals surface area contributed by atoms with Crippen molar-refractivity contribution in [3.63, 3.8) is 0 Å². The van der Waals surface area contributed by atoms with Crippen molar-refractivity contribution in [2.75, 3.05) is 0 Å². The molecule has 0 saturated carbocycles. The van der Waals surface area contributed by atoms with E-state index in [2.05, 4.69) is 22.5 Å². The van der Waals surface area contributed by atoms with Crippen LogP contribution in [0.25, 0.3) is 0 Å². The lowest BCUT2D eigenvalue weighted by Gasteiger charge is -2.13. The zero-order valence-electron chi connectivity index (χ0n) is 11.0. The van der Waals surface area contributed by atoms with Gasteiger partial charge in [-0.1, -0.05) is 22.5 Å². The highest BCUT2D eigenvalue weighted by Gasteiger charge is 2.21. The van der Waals surface area contributed by atoms with Gasteiger partial charge in [0.2, 0.25) is 0 Å². The summed E-state index contributed by atoms with van der Waals surface area (Å²) in [5.41, 5.74) is 0.396. The average Bonchev–Trinajstić information content (AvgIpc) is 2.40. The molecule has 0 heterocycles. The Bertz CT molecular complexity index is 565. The molecule has 0 bridgehead atoms. The number of esters is 2. The Hall–Kier alpha value is -1.95. The molecule has 0 fully saturated rings. The standard InChI is InChI=1S/C14H13BrO5/c1-8(2)13(17)19-9(3)14(18)20-12-5-4-11(15)6-10(12)7-16/h4-7,9H,1H2,2-3H3. The van der Waals surface area contributed by atoms with Crippen LogP contribution < -0.4 is 4.74 Å². The highest BCUT2D eigenvalue weighted by atomic mass is 79.9. The van der Waals surface area contributed by atoms with Crippen molar-refractivity contribution >= 4 is 34.2 Å². The van der Waals surface area contributed by atoms with Gasteiger partial charge in [-0.2, -0.15) is 0 Å². The van der Waals surface area contributed by atoms with Crippen LogP contribution in [-0.4, -0.2) is 24.3 Å². The predicted octanol–water partition coefficient (Wildman–Crippen LogP) is 2.67. The maximum absolute atomic E-state index is 11.8. The van der Waals surface area contributed by atoms with Gasteiger partial charge in [0.05, 0.1) is 5.56 Å². The lowest BCUT2D eigenvalue weighted by atomic mass is 10.2. The number of aldehydes is 1. The normalized spacial score (nSPS) is 11.3. The molecule has 0 aliphatic carbocycles. The molecule has 0 aliphatic rings. The number of carbonyl (C=O) groups excluding carboxylic acids is 3. The van der Waals surface area contributed by atoms with Gasteiger partial charge in [-0.25, -0.2) is 9.59 Å². The fourth-order valence-electron chi connectivity index (χ4n) is 1.20. The summed E-state index contributed by atoms with van der Waals surface area (Å²) < 4.78 is 10.5. The van der Waals surface area contributed by atoms with Gasteiger partial charge in [-0.05, 0) is 32.0 Å². The lowest BCUT2D eigenvalue weighted by molar-refractivity contribution is -0.158. The summed E-state index contributed by atoms with van der Waals surface area (Å²) in [5, 5.41) is 0. The SMILES string of the molecule is C=C(C)C(=O)OC(C)C(=O)Oc1ccc(Br)cc1C=O. The van der Waals surface area contributed by atoms with Crippen LogP contribution in [0, 0.1) is 0 Å². The van der Waals surface area contributed by atoms with E-state index < -0.39 is 18.0 Å². The van der Waals surface area contributed by atoms with Crippen LogP contribution in [-0.2, 0) is 14.3 Å². The Morgan fingerprint density at radius 1 is 1.40 bits per heavy atom. The molecule has 0 N–H and O–H groups in total. The largest absolute Gasteiger partial charge is 0.447 e. The second kappa shape index (κ2) is 7.00. The Morgan fingerprint density at radius 2 is 2.05 bits per heavy atom. The van der Waals surface area contributed by atoms with Gasteiger partial charge in [-0.3, -0.25) is 4.79 Å². The van der Waals surface area contributed by atoms with Gasteiger partial charge in [0.1, 0.15) is 5.75 Å². The Kier molecular flexibility index (Phi) is 5.64. The van der Waals surface area contributed by atoms with E-state index in [4.69, 9.17) is 9.47 Å². The Morgan fingerprint density at radius 3 is 2.60 bits per heavy atom. The van der Waals surface area contributed by atoms with Crippen LogP contribution in [0.3, 0.4) is 0 Å². The maximum Gasteiger partial charge on any atom is 0.352 e. The molecule has 0 amide bonds. The van der Waals surface area contributed by atoms with E-state index in [9.17, 15) is 14.4 Å². The van der Waals surface area contributed by atoms with Gasteiger partial charge in [0.25, 0.3) is 0 Å². The molecule has 0 spiro atoms. The first kappa shape index (κ1) is 16.1. The molecule has 5 nitrogen and oxygen atoms in total. The summed E-state index contributed by atoms with van der Waals surface area (Å²) in [5.74, 6) is -1.35. The summed E-state index contributed by atoms with van der Waals surface area (Å²) in [6, 6.07) is 4.61. The Balaban J connectivity index is 2.78. The minimum Gasteiger partial charge on any atom is -0.447 e. The number of rotatable bonds is 5. The molecule has 0 radical (unpaired) electrons. The molecule has 0 saturated heterocycles. The predicted molar refractivity (Wildman–Crippen MR) is 75.5 cm³/mol. The summed E-state index contributed by atoms with van der Waals surface area (Å²) >= 11 is 3.20. The topological polar surface area (TPSA) is 69.7 Å². The molecule has 1 unspecified atom stereocenters. The molecule has 20 heavy (non-hydrogen) atoms. The van der Waals surface area contributed by atoms with Crippen molar-refractivity contribution in [1.82, 2.24) is 0 Å². The molecule has 0 aliphatic heterocycles. The van der Waals surface area contributed by atoms with Crippen LogP contribution in [0.2, 0.25) is 0 Å². The third-order valence-electron chi connectivity index (χ3n) is 2.27. The summed E-state index contributed by atoms with van der Waals surface area (Å²) in [6.45, 7) is 6.26. The molecule has 1 aromatic rings. The third-order valence-corrected chi connectivity index (χ3v) is 2.77. The minimum absolute atomic E-state index is 0.103. The van der Waals surface area contributed by atoms with Crippen LogP contribution in [0.15, 0.2) is 34.8 Å². The van der Waals surface area contributed by atoms with Crippen LogP contribution in [0.4, 0.5) is 0 Å². The Labute approximate surface area is 124 Å². The van der Waals surface area contributed by atoms with Crippen LogP contribution in [0.1, 0.15) is 24.2 Å². The summed E-state index contributed by atoms with van der Waals surface area (Å²) in [6.07, 6.45) is -0.528. The van der Waals surface area contributed by atoms with Gasteiger partial charge in [0.15, 0.2) is 12.4 Å². The van der Waals surface area contributed by atoms with E-state index in [0.717, 1.165) is 0 Å². The lowest BCUT2D eigenvalue weighted by Crippen LogP contribution is -2.28. The third kappa shape index (κ3) is 4.31. The molecule has 0 aromatic heterocycles. The first-order valence-corrected chi connectivity index (χ1v) is 6.47. The number of benzene rings is 1. The van der Waals surface area contributed by atoms with Crippen molar-refractivity contribution in [2.24, 2.45) is 0 Å². The second-order valence-corrected chi connectivity index (χ2v) is 4.96. The highest BCUT2D eigenvalue weighted by Crippen LogP contribution is 2.22. The van der Waals surface area contributed by atoms with E-state index in [1.165, 1.54) is 26.0 Å². The van der Waals surface area contributed by atoms with Crippen molar-refractivity contribution in [3.8, 4) is 5.75 Å². The average molecular weight is 341 g/mol. The van der Waals surface area contributed by atoms with Gasteiger partial charge in [0, 0.05) is 10.0 Å². The number of hydrogen-bond donors (Lipinski definition) is 0. The van der Waals surface area contributed by atoms with Crippen LogP contribution >= 0.6 is 15.9 Å². The van der Waals surface area contributed by atoms with E-state index in [1.807, 2.05) is 0 Å². The van der Waals surface area contributed by atoms with E-state index in [1.54, 1.807) is 6.07 Å². The first-order valence-electron chi connectivity index (χ1n) is 5.68. The number of carbonyl (C=O) groups is 3. The number of halogens is 1. The molecule has 6 heteroatoms. The zero-order valence-corrected chi connectivity index (χ0v) is 12.6. The van der Waals surface area contributed by atoms with Crippen LogP contribution in [0.5, 0.6) is 5.75 Å². The molecular formula is C14H13BrO5. The summed E-state index contributed by atoms with van der Waals surface area (Å²) in [7, 11) is 0. The quantitative estimate of drug-likeness (QED) is 0.356. The summed E-state index contributed by atoms with van der Waals surface area (Å²) in [4.78, 5) is 33.9. The maximum atomic E-state index is 11.8. The van der Waals surface area contributed by atoms with Crippen molar-refractivity contribution in [3.05, 3.63) is 40.4 Å². The van der Waals surface area contributed by atoms with E-state index >= 15 is 0 Å². The van der Waals surface area contributed by atoms with E-state index in [0.29, 0.717) is 10.8 Å². The number of hydrogen-bond acceptors (Lipinski definition) is 5. The fraction of sp³-hybridized carbons (Fsp3) is 0.214. The second-order valence-electron chi connectivity index (χ2n) is 4.05. The van der Waals surface area contributed by atoms with Crippen molar-refractivity contribution < 1.29 is 23.9 Å². The van der Waals surface area contributed by atoms with Crippen molar-refractivity contribution in [2.45, 2.75) is 20.0 Å². The smallest absolute Gasteiger partial charge is 0.352 e. The molecule has 106 valence electrons. The zero-order chi connectivity index (χ0) is 15.3. The van der Waals surface area contributed by atoms with Crippen molar-refractivity contribution in [1.29, 1.82) is 0 Å². The molecule has 1 rings (SSSR count). The molecule has 1 aromatic carbocycles. The molecule has 1 atom stereocenters. The monoisotopic (exact) mass is 340 g/mol. The van der Waals surface area contributed by atoms with Gasteiger partial charge >= 0.3 is 11.9 Å². The van der Waals surface area contributed by atoms with Gasteiger partial charge < -0.3 is 9.47 Å². The van der Waals surface area contributed by atoms with E-state index in [-0.39, 0.29) is 16.9 Å². The minimum atomic E-state index is -1.10. The van der Waals surface area contributed by atoms with Gasteiger partial charge in [-0.15, -0.1) is 0 Å². The number of ether oxygens (including phenoxy) is 2. The molecular weight excluding hydrogens is 328 g/mol. The fourth-order valence-corrected chi connectivity index (χ4v) is 1.58. The first-order chi connectivity index (χ1) is 9.35. The highest BCUT2D eigenvalue weighted by molar-refractivity contribution is 9.10.